The van der Waals surface area contributed by atoms with Gasteiger partial charge in [0.2, 0.25) is 11.0 Å². The molecule has 10 heteroatoms. The SMILES string of the molecule is C[NH2+]/C=C(\C=N)c1cnc2ccc(N=C(N)SC(=[NH2+])C3CCN(C(C)=O)C3)nc2c1. The summed E-state index contributed by atoms with van der Waals surface area (Å²) < 4.78 is 0. The fourth-order valence-electron chi connectivity index (χ4n) is 3.24. The van der Waals surface area contributed by atoms with Crippen molar-refractivity contribution in [3.63, 3.8) is 0 Å². The number of rotatable bonds is 5. The lowest BCUT2D eigenvalue weighted by Gasteiger charge is -2.12. The Hall–Kier alpha value is -3.11. The molecule has 1 aliphatic heterocycles. The number of carbonyl (C=O) groups is 1. The smallest absolute Gasteiger partial charge is 0.220 e. The first-order valence-corrected chi connectivity index (χ1v) is 10.4. The maximum absolute atomic E-state index is 11.5. The van der Waals surface area contributed by atoms with Gasteiger partial charge in [0.1, 0.15) is 6.20 Å². The molecule has 9 nitrogen and oxygen atoms in total. The lowest BCUT2D eigenvalue weighted by Crippen LogP contribution is -2.72. The topological polar surface area (TPSA) is 151 Å². The van der Waals surface area contributed by atoms with Crippen molar-refractivity contribution in [1.82, 2.24) is 14.9 Å². The zero-order chi connectivity index (χ0) is 21.7. The summed E-state index contributed by atoms with van der Waals surface area (Å²) in [7, 11) is 1.90. The third-order valence-corrected chi connectivity index (χ3v) is 5.71. The number of nitrogens with zero attached hydrogens (tertiary/aromatic N) is 4. The van der Waals surface area contributed by atoms with Crippen molar-refractivity contribution in [1.29, 1.82) is 5.41 Å². The summed E-state index contributed by atoms with van der Waals surface area (Å²) in [4.78, 5) is 26.6. The monoisotopic (exact) mass is 426 g/mol. The predicted octanol–water partition coefficient (Wildman–Crippen LogP) is -0.481. The standard InChI is InChI=1S/C20H24N8OS/c1-12(29)28-6-5-13(11-28)19(22)30-20(23)27-18-4-3-16-17(26-18)7-14(10-25-16)15(8-21)9-24-2/h3-4,7-10,13,21-22,24H,5-6,11H2,1-2H3,(H2,23,26,27)/p+2/b15-9+,21-8?,22-19?. The molecule has 3 heterocycles. The van der Waals surface area contributed by atoms with Crippen molar-refractivity contribution in [3.8, 4) is 0 Å². The van der Waals surface area contributed by atoms with Crippen LogP contribution in [0.1, 0.15) is 18.9 Å². The van der Waals surface area contributed by atoms with Crippen molar-refractivity contribution in [3.05, 3.63) is 36.2 Å². The Kier molecular flexibility index (Phi) is 6.91. The highest BCUT2D eigenvalue weighted by Crippen LogP contribution is 2.23. The highest BCUT2D eigenvalue weighted by atomic mass is 32.2. The molecule has 7 N–H and O–H groups in total. The Bertz CT molecular complexity index is 1050. The number of carbonyl (C=O) groups excluding carboxylic acids is 1. The molecular formula is C20H26N8OS+2. The largest absolute Gasteiger partial charge is 0.378 e. The van der Waals surface area contributed by atoms with E-state index >= 15 is 0 Å². The second kappa shape index (κ2) is 9.59. The summed E-state index contributed by atoms with van der Waals surface area (Å²) >= 11 is 1.21. The van der Waals surface area contributed by atoms with Crippen molar-refractivity contribution in [2.24, 2.45) is 16.6 Å². The van der Waals surface area contributed by atoms with Crippen LogP contribution in [0.4, 0.5) is 5.82 Å². The van der Waals surface area contributed by atoms with E-state index in [2.05, 4.69) is 15.0 Å². The summed E-state index contributed by atoms with van der Waals surface area (Å²) in [5, 5.41) is 16.6. The number of hydrogen-bond donors (Lipinski definition) is 4. The number of amides is 1. The summed E-state index contributed by atoms with van der Waals surface area (Å²) in [5.41, 5.74) is 9.04. The third kappa shape index (κ3) is 5.08. The van der Waals surface area contributed by atoms with Crippen LogP contribution >= 0.6 is 11.8 Å². The number of thioether (sulfide) groups is 1. The maximum atomic E-state index is 11.5. The molecule has 0 bridgehead atoms. The second-order valence-electron chi connectivity index (χ2n) is 6.94. The van der Waals surface area contributed by atoms with E-state index in [1.54, 1.807) is 24.1 Å². The van der Waals surface area contributed by atoms with Crippen molar-refractivity contribution in [2.75, 3.05) is 20.1 Å². The maximum Gasteiger partial charge on any atom is 0.220 e. The summed E-state index contributed by atoms with van der Waals surface area (Å²) in [5.74, 6) is 0.618. The lowest BCUT2D eigenvalue weighted by molar-refractivity contribution is -0.555. The fraction of sp³-hybridized carbons (Fsp3) is 0.300. The van der Waals surface area contributed by atoms with E-state index < -0.39 is 0 Å². The minimum absolute atomic E-state index is 0.0585. The van der Waals surface area contributed by atoms with Gasteiger partial charge in [-0.3, -0.25) is 15.2 Å². The molecule has 30 heavy (non-hydrogen) atoms. The quantitative estimate of drug-likeness (QED) is 0.376. The van der Waals surface area contributed by atoms with Crippen LogP contribution in [0.5, 0.6) is 0 Å². The molecule has 1 aliphatic rings. The third-order valence-electron chi connectivity index (χ3n) is 4.84. The van der Waals surface area contributed by atoms with Crippen LogP contribution in [-0.4, -0.2) is 57.3 Å². The molecule has 0 aliphatic carbocycles. The minimum atomic E-state index is 0.0585. The first kappa shape index (κ1) is 21.6. The number of likely N-dealkylation sites (tertiary alicyclic amines) is 1. The van der Waals surface area contributed by atoms with Gasteiger partial charge >= 0.3 is 0 Å². The van der Waals surface area contributed by atoms with Crippen LogP contribution in [-0.2, 0) is 4.79 Å². The number of aliphatic imine (C=N–C) groups is 1. The first-order chi connectivity index (χ1) is 14.4. The lowest BCUT2D eigenvalue weighted by atomic mass is 10.1. The predicted molar refractivity (Wildman–Crippen MR) is 120 cm³/mol. The number of nitrogens with two attached hydrogens (primary N) is 3. The number of amidine groups is 1. The van der Waals surface area contributed by atoms with Gasteiger partial charge in [-0.1, -0.05) is 0 Å². The van der Waals surface area contributed by atoms with Gasteiger partial charge in [-0.2, -0.15) is 0 Å². The van der Waals surface area contributed by atoms with Gasteiger partial charge in [0.25, 0.3) is 0 Å². The van der Waals surface area contributed by atoms with E-state index in [0.717, 1.165) is 23.1 Å². The van der Waals surface area contributed by atoms with Crippen LogP contribution in [0.15, 0.2) is 35.6 Å². The number of fused-ring (bicyclic) bond motifs is 1. The normalized spacial score (nSPS) is 17.4. The molecule has 1 unspecified atom stereocenters. The molecule has 3 rings (SSSR count). The molecule has 0 saturated carbocycles. The van der Waals surface area contributed by atoms with Gasteiger partial charge < -0.3 is 21.4 Å². The highest BCUT2D eigenvalue weighted by Gasteiger charge is 2.31. The Morgan fingerprint density at radius 2 is 2.27 bits per heavy atom. The van der Waals surface area contributed by atoms with Gasteiger partial charge in [0, 0.05) is 49.8 Å². The van der Waals surface area contributed by atoms with Crippen LogP contribution < -0.4 is 16.5 Å². The number of nitrogens with one attached hydrogen (secondary N) is 1. The average Bonchev–Trinajstić information content (AvgIpc) is 3.22. The molecule has 2 aromatic rings. The van der Waals surface area contributed by atoms with Crippen molar-refractivity contribution in [2.45, 2.75) is 13.3 Å². The van der Waals surface area contributed by atoms with Crippen molar-refractivity contribution < 1.29 is 15.5 Å². The van der Waals surface area contributed by atoms with Crippen LogP contribution in [0.2, 0.25) is 0 Å². The summed E-state index contributed by atoms with van der Waals surface area (Å²) in [6, 6.07) is 5.46. The van der Waals surface area contributed by atoms with E-state index in [0.29, 0.717) is 34.6 Å². The molecule has 0 aromatic carbocycles. The number of hydrogen-bond acceptors (Lipinski definition) is 6. The molecular weight excluding hydrogens is 400 g/mol. The van der Waals surface area contributed by atoms with E-state index in [4.69, 9.17) is 16.6 Å². The molecule has 0 radical (unpaired) electrons. The van der Waals surface area contributed by atoms with E-state index in [1.165, 1.54) is 18.0 Å². The number of allylic oxidation sites excluding steroid dienone is 1. The number of pyridine rings is 2. The molecule has 0 spiro atoms. The summed E-state index contributed by atoms with van der Waals surface area (Å²) in [6.07, 6.45) is 5.68. The van der Waals surface area contributed by atoms with Gasteiger partial charge in [0.15, 0.2) is 11.0 Å². The zero-order valence-electron chi connectivity index (χ0n) is 17.0. The van der Waals surface area contributed by atoms with Gasteiger partial charge in [-0.05, 0) is 24.6 Å². The molecule has 2 aromatic heterocycles. The van der Waals surface area contributed by atoms with Gasteiger partial charge in [0.05, 0.1) is 29.6 Å². The Balaban J connectivity index is 1.76. The first-order valence-electron chi connectivity index (χ1n) is 9.58. The number of quaternary nitrogens is 1. The van der Waals surface area contributed by atoms with Crippen LogP contribution in [0, 0.1) is 11.3 Å². The van der Waals surface area contributed by atoms with Crippen LogP contribution in [0.25, 0.3) is 16.6 Å². The Morgan fingerprint density at radius 3 is 2.93 bits per heavy atom. The Labute approximate surface area is 178 Å². The number of aromatic nitrogens is 2. The van der Waals surface area contributed by atoms with Gasteiger partial charge in [-0.15, -0.1) is 0 Å². The average molecular weight is 427 g/mol. The highest BCUT2D eigenvalue weighted by molar-refractivity contribution is 8.26. The Morgan fingerprint density at radius 1 is 1.47 bits per heavy atom. The zero-order valence-corrected chi connectivity index (χ0v) is 17.8. The molecule has 1 atom stereocenters. The van der Waals surface area contributed by atoms with Gasteiger partial charge in [-0.25, -0.2) is 9.98 Å². The molecule has 1 fully saturated rings. The summed E-state index contributed by atoms with van der Waals surface area (Å²) in [6.45, 7) is 2.89. The molecule has 1 amide bonds. The van der Waals surface area contributed by atoms with Crippen molar-refractivity contribution >= 4 is 56.5 Å². The molecule has 1 saturated heterocycles. The second-order valence-corrected chi connectivity index (χ2v) is 8.03. The van der Waals surface area contributed by atoms with E-state index in [-0.39, 0.29) is 11.8 Å². The van der Waals surface area contributed by atoms with Crippen LogP contribution in [0.3, 0.4) is 0 Å². The fourth-order valence-corrected chi connectivity index (χ4v) is 3.98. The minimum Gasteiger partial charge on any atom is -0.378 e. The van der Waals surface area contributed by atoms with E-state index in [9.17, 15) is 4.79 Å². The molecule has 156 valence electrons. The van der Waals surface area contributed by atoms with E-state index in [1.807, 2.05) is 30.7 Å².